The van der Waals surface area contributed by atoms with Gasteiger partial charge in [0.1, 0.15) is 0 Å². The van der Waals surface area contributed by atoms with Gasteiger partial charge in [-0.2, -0.15) is 0 Å². The predicted molar refractivity (Wildman–Crippen MR) is 43.3 cm³/mol. The zero-order valence-corrected chi connectivity index (χ0v) is 7.01. The summed E-state index contributed by atoms with van der Waals surface area (Å²) in [7, 11) is 0. The van der Waals surface area contributed by atoms with Crippen molar-refractivity contribution in [2.24, 2.45) is 4.99 Å². The van der Waals surface area contributed by atoms with Gasteiger partial charge in [0.2, 0.25) is 6.08 Å². The molecule has 0 aromatic carbocycles. The molecule has 0 unspecified atom stereocenters. The Morgan fingerprint density at radius 2 is 2.09 bits per heavy atom. The van der Waals surface area contributed by atoms with Gasteiger partial charge in [-0.15, -0.1) is 0 Å². The third kappa shape index (κ3) is 9.34. The molecule has 0 bridgehead atoms. The van der Waals surface area contributed by atoms with Crippen LogP contribution < -0.4 is 0 Å². The molecule has 3 nitrogen and oxygen atoms in total. The van der Waals surface area contributed by atoms with Gasteiger partial charge in [-0.1, -0.05) is 13.3 Å². The highest BCUT2D eigenvalue weighted by Crippen LogP contribution is 1.89. The molecule has 64 valence electrons. The molecule has 0 heterocycles. The van der Waals surface area contributed by atoms with E-state index in [0.29, 0.717) is 13.2 Å². The Hall–Kier alpha value is -0.660. The van der Waals surface area contributed by atoms with Crippen LogP contribution in [-0.4, -0.2) is 25.8 Å². The van der Waals surface area contributed by atoms with Crippen LogP contribution in [0, 0.1) is 0 Å². The van der Waals surface area contributed by atoms with Crippen LogP contribution in [0.5, 0.6) is 0 Å². The summed E-state index contributed by atoms with van der Waals surface area (Å²) in [5, 5.41) is 0. The van der Waals surface area contributed by atoms with Gasteiger partial charge < -0.3 is 4.74 Å². The summed E-state index contributed by atoms with van der Waals surface area (Å²) in [6.07, 6.45) is 4.57. The van der Waals surface area contributed by atoms with Crippen LogP contribution >= 0.6 is 0 Å². The van der Waals surface area contributed by atoms with Crippen LogP contribution in [0.3, 0.4) is 0 Å². The van der Waals surface area contributed by atoms with E-state index in [0.717, 1.165) is 25.9 Å². The van der Waals surface area contributed by atoms with Crippen LogP contribution in [-0.2, 0) is 9.53 Å². The smallest absolute Gasteiger partial charge is 0.234 e. The Bertz CT molecular complexity index is 119. The summed E-state index contributed by atoms with van der Waals surface area (Å²) in [5.74, 6) is 0. The SMILES string of the molecule is CCCCOCCCN=C=O. The van der Waals surface area contributed by atoms with Crippen molar-refractivity contribution >= 4 is 6.08 Å². The molecule has 0 rings (SSSR count). The van der Waals surface area contributed by atoms with Gasteiger partial charge in [-0.3, -0.25) is 0 Å². The molecule has 0 radical (unpaired) electrons. The first-order valence-corrected chi connectivity index (χ1v) is 4.03. The topological polar surface area (TPSA) is 38.7 Å². The number of nitrogens with zero attached hydrogens (tertiary/aromatic N) is 1. The lowest BCUT2D eigenvalue weighted by atomic mass is 10.4. The van der Waals surface area contributed by atoms with Crippen molar-refractivity contribution in [3.8, 4) is 0 Å². The Labute approximate surface area is 67.5 Å². The fourth-order valence-electron chi connectivity index (χ4n) is 0.640. The van der Waals surface area contributed by atoms with E-state index >= 15 is 0 Å². The molecule has 0 atom stereocenters. The van der Waals surface area contributed by atoms with Crippen molar-refractivity contribution in [3.63, 3.8) is 0 Å². The lowest BCUT2D eigenvalue weighted by Gasteiger charge is -1.99. The molecular formula is C8H15NO2. The average Bonchev–Trinajstić information content (AvgIpc) is 2.03. The van der Waals surface area contributed by atoms with Crippen molar-refractivity contribution in [1.29, 1.82) is 0 Å². The maximum absolute atomic E-state index is 9.61. The summed E-state index contributed by atoms with van der Waals surface area (Å²) in [6, 6.07) is 0. The van der Waals surface area contributed by atoms with Crippen LogP contribution in [0.1, 0.15) is 26.2 Å². The number of rotatable bonds is 7. The van der Waals surface area contributed by atoms with Crippen molar-refractivity contribution in [3.05, 3.63) is 0 Å². The summed E-state index contributed by atoms with van der Waals surface area (Å²) in [5.41, 5.74) is 0. The van der Waals surface area contributed by atoms with Crippen LogP contribution in [0.15, 0.2) is 4.99 Å². The number of carbonyl (C=O) groups excluding carboxylic acids is 1. The molecule has 0 saturated carbocycles. The Morgan fingerprint density at radius 3 is 2.73 bits per heavy atom. The third-order valence-electron chi connectivity index (χ3n) is 1.27. The number of aliphatic imine (C=N–C) groups is 1. The van der Waals surface area contributed by atoms with Gasteiger partial charge in [0.15, 0.2) is 0 Å². The van der Waals surface area contributed by atoms with Crippen molar-refractivity contribution in [2.45, 2.75) is 26.2 Å². The standard InChI is InChI=1S/C8H15NO2/c1-2-3-6-11-7-4-5-9-8-10/h2-7H2,1H3. The van der Waals surface area contributed by atoms with Crippen LogP contribution in [0.25, 0.3) is 0 Å². The molecule has 0 aromatic heterocycles. The highest BCUT2D eigenvalue weighted by molar-refractivity contribution is 5.32. The fraction of sp³-hybridized carbons (Fsp3) is 0.875. The van der Waals surface area contributed by atoms with Crippen LogP contribution in [0.2, 0.25) is 0 Å². The number of ether oxygens (including phenoxy) is 1. The first kappa shape index (κ1) is 10.3. The Morgan fingerprint density at radius 1 is 1.36 bits per heavy atom. The van der Waals surface area contributed by atoms with Gasteiger partial charge in [0, 0.05) is 13.2 Å². The molecule has 0 amide bonds. The summed E-state index contributed by atoms with van der Waals surface area (Å²) in [6.45, 7) is 4.18. The van der Waals surface area contributed by atoms with Crippen molar-refractivity contribution < 1.29 is 9.53 Å². The maximum Gasteiger partial charge on any atom is 0.234 e. The molecule has 0 aromatic rings. The van der Waals surface area contributed by atoms with E-state index in [1.807, 2.05) is 0 Å². The highest BCUT2D eigenvalue weighted by atomic mass is 16.5. The molecular weight excluding hydrogens is 142 g/mol. The average molecular weight is 157 g/mol. The minimum Gasteiger partial charge on any atom is -0.381 e. The second kappa shape index (κ2) is 9.34. The van der Waals surface area contributed by atoms with E-state index < -0.39 is 0 Å². The van der Waals surface area contributed by atoms with E-state index in [1.165, 1.54) is 6.08 Å². The van der Waals surface area contributed by atoms with Crippen molar-refractivity contribution in [1.82, 2.24) is 0 Å². The van der Waals surface area contributed by atoms with Gasteiger partial charge in [0.25, 0.3) is 0 Å². The van der Waals surface area contributed by atoms with E-state index in [9.17, 15) is 4.79 Å². The zero-order valence-electron chi connectivity index (χ0n) is 7.01. The molecule has 0 N–H and O–H groups in total. The monoisotopic (exact) mass is 157 g/mol. The van der Waals surface area contributed by atoms with Gasteiger partial charge in [-0.25, -0.2) is 9.79 Å². The number of hydrogen-bond acceptors (Lipinski definition) is 3. The molecule has 0 aliphatic carbocycles. The third-order valence-corrected chi connectivity index (χ3v) is 1.27. The second-order valence-electron chi connectivity index (χ2n) is 2.29. The first-order chi connectivity index (χ1) is 5.41. The second-order valence-corrected chi connectivity index (χ2v) is 2.29. The highest BCUT2D eigenvalue weighted by Gasteiger charge is 1.86. The lowest BCUT2D eigenvalue weighted by molar-refractivity contribution is 0.130. The zero-order chi connectivity index (χ0) is 8.36. The largest absolute Gasteiger partial charge is 0.381 e. The molecule has 0 saturated heterocycles. The lowest BCUT2D eigenvalue weighted by Crippen LogP contribution is -1.97. The molecule has 0 aliphatic heterocycles. The fourth-order valence-corrected chi connectivity index (χ4v) is 0.640. The summed E-state index contributed by atoms with van der Waals surface area (Å²) in [4.78, 5) is 13.0. The minimum atomic E-state index is 0.537. The Balaban J connectivity index is 2.84. The Kier molecular flexibility index (Phi) is 8.78. The summed E-state index contributed by atoms with van der Waals surface area (Å²) >= 11 is 0. The molecule has 11 heavy (non-hydrogen) atoms. The number of hydrogen-bond donors (Lipinski definition) is 0. The molecule has 3 heteroatoms. The first-order valence-electron chi connectivity index (χ1n) is 4.03. The minimum absolute atomic E-state index is 0.537. The normalized spacial score (nSPS) is 9.18. The van der Waals surface area contributed by atoms with Crippen molar-refractivity contribution in [2.75, 3.05) is 19.8 Å². The van der Waals surface area contributed by atoms with Crippen LogP contribution in [0.4, 0.5) is 0 Å². The molecule has 0 fully saturated rings. The maximum atomic E-state index is 9.61. The molecule has 0 aliphatic rings. The summed E-state index contributed by atoms with van der Waals surface area (Å²) < 4.78 is 5.23. The van der Waals surface area contributed by atoms with Gasteiger partial charge >= 0.3 is 0 Å². The van der Waals surface area contributed by atoms with E-state index in [4.69, 9.17) is 4.74 Å². The number of unbranched alkanes of at least 4 members (excludes halogenated alkanes) is 1. The quantitative estimate of drug-likeness (QED) is 0.319. The molecule has 0 spiro atoms. The van der Waals surface area contributed by atoms with Gasteiger partial charge in [0.05, 0.1) is 6.54 Å². The van der Waals surface area contributed by atoms with Gasteiger partial charge in [-0.05, 0) is 12.8 Å². The predicted octanol–water partition coefficient (Wildman–Crippen LogP) is 1.53. The van der Waals surface area contributed by atoms with E-state index in [2.05, 4.69) is 11.9 Å². The van der Waals surface area contributed by atoms with E-state index in [1.54, 1.807) is 0 Å². The number of isocyanates is 1. The van der Waals surface area contributed by atoms with E-state index in [-0.39, 0.29) is 0 Å².